The van der Waals surface area contributed by atoms with Crippen molar-refractivity contribution in [3.8, 4) is 0 Å². The molecule has 1 heterocycles. The second-order valence-corrected chi connectivity index (χ2v) is 2.80. The fourth-order valence-corrected chi connectivity index (χ4v) is 1.32. The van der Waals surface area contributed by atoms with Crippen molar-refractivity contribution in [2.45, 2.75) is 13.1 Å². The maximum absolute atomic E-state index is 13.0. The van der Waals surface area contributed by atoms with E-state index < -0.39 is 6.17 Å². The first-order valence-electron chi connectivity index (χ1n) is 3.85. The van der Waals surface area contributed by atoms with Gasteiger partial charge in [0.1, 0.15) is 6.17 Å². The van der Waals surface area contributed by atoms with E-state index in [-0.39, 0.29) is 0 Å². The third kappa shape index (κ3) is 0.978. The Morgan fingerprint density at radius 1 is 1.50 bits per heavy atom. The summed E-state index contributed by atoms with van der Waals surface area (Å²) in [5, 5.41) is 7.59. The van der Waals surface area contributed by atoms with Crippen LogP contribution in [0.15, 0.2) is 24.4 Å². The molecular formula is C9H9FN2. The molecule has 12 heavy (non-hydrogen) atoms. The van der Waals surface area contributed by atoms with Crippen LogP contribution in [0.4, 0.5) is 4.39 Å². The number of hydrogen-bond acceptors (Lipinski definition) is 1. The van der Waals surface area contributed by atoms with Crippen LogP contribution in [0, 0.1) is 0 Å². The SMILES string of the molecule is CC(F)c1cccc2cn[nH]c12. The molecule has 1 aromatic heterocycles. The summed E-state index contributed by atoms with van der Waals surface area (Å²) in [6.45, 7) is 1.52. The number of aromatic amines is 1. The lowest BCUT2D eigenvalue weighted by Gasteiger charge is -2.01. The lowest BCUT2D eigenvalue weighted by atomic mass is 10.1. The second kappa shape index (κ2) is 2.59. The third-order valence-corrected chi connectivity index (χ3v) is 1.94. The number of alkyl halides is 1. The topological polar surface area (TPSA) is 28.7 Å². The highest BCUT2D eigenvalue weighted by atomic mass is 19.1. The maximum Gasteiger partial charge on any atom is 0.124 e. The molecule has 1 atom stereocenters. The van der Waals surface area contributed by atoms with E-state index in [9.17, 15) is 4.39 Å². The molecule has 0 amide bonds. The van der Waals surface area contributed by atoms with Gasteiger partial charge in [-0.15, -0.1) is 0 Å². The van der Waals surface area contributed by atoms with Crippen molar-refractivity contribution in [1.29, 1.82) is 0 Å². The molecule has 1 N–H and O–H groups in total. The van der Waals surface area contributed by atoms with Crippen LogP contribution in [0.25, 0.3) is 10.9 Å². The summed E-state index contributed by atoms with van der Waals surface area (Å²) in [5.41, 5.74) is 1.47. The van der Waals surface area contributed by atoms with Gasteiger partial charge in [0.05, 0.1) is 11.7 Å². The van der Waals surface area contributed by atoms with E-state index in [0.29, 0.717) is 5.56 Å². The molecule has 0 spiro atoms. The molecule has 3 heteroatoms. The van der Waals surface area contributed by atoms with Gasteiger partial charge in [0.2, 0.25) is 0 Å². The lowest BCUT2D eigenvalue weighted by molar-refractivity contribution is 0.376. The van der Waals surface area contributed by atoms with Crippen LogP contribution in [-0.2, 0) is 0 Å². The molecule has 62 valence electrons. The number of nitrogens with zero attached hydrogens (tertiary/aromatic N) is 1. The predicted octanol–water partition coefficient (Wildman–Crippen LogP) is 2.59. The molecule has 0 radical (unpaired) electrons. The molecule has 0 saturated heterocycles. The van der Waals surface area contributed by atoms with Gasteiger partial charge in [-0.2, -0.15) is 5.10 Å². The number of para-hydroxylation sites is 1. The van der Waals surface area contributed by atoms with Gasteiger partial charge >= 0.3 is 0 Å². The van der Waals surface area contributed by atoms with E-state index in [0.717, 1.165) is 10.9 Å². The Hall–Kier alpha value is -1.38. The second-order valence-electron chi connectivity index (χ2n) is 2.80. The normalized spacial score (nSPS) is 13.5. The van der Waals surface area contributed by atoms with Gasteiger partial charge in [-0.3, -0.25) is 5.10 Å². The maximum atomic E-state index is 13.0. The van der Waals surface area contributed by atoms with Crippen LogP contribution in [0.1, 0.15) is 18.7 Å². The number of benzene rings is 1. The van der Waals surface area contributed by atoms with E-state index in [1.165, 1.54) is 6.92 Å². The molecule has 0 fully saturated rings. The minimum absolute atomic E-state index is 0.671. The first kappa shape index (κ1) is 7.28. The quantitative estimate of drug-likeness (QED) is 0.689. The summed E-state index contributed by atoms with van der Waals surface area (Å²) in [6.07, 6.45) is 0.746. The van der Waals surface area contributed by atoms with Gasteiger partial charge in [-0.1, -0.05) is 18.2 Å². The Bertz CT molecular complexity index is 392. The van der Waals surface area contributed by atoms with Crippen molar-refractivity contribution in [3.63, 3.8) is 0 Å². The zero-order chi connectivity index (χ0) is 8.55. The van der Waals surface area contributed by atoms with E-state index in [1.54, 1.807) is 12.3 Å². The molecule has 1 aromatic carbocycles. The number of hydrogen-bond donors (Lipinski definition) is 1. The van der Waals surface area contributed by atoms with Crippen LogP contribution in [-0.4, -0.2) is 10.2 Å². The fraction of sp³-hybridized carbons (Fsp3) is 0.222. The third-order valence-electron chi connectivity index (χ3n) is 1.94. The smallest absolute Gasteiger partial charge is 0.124 e. The zero-order valence-electron chi connectivity index (χ0n) is 6.71. The van der Waals surface area contributed by atoms with Gasteiger partial charge in [0.15, 0.2) is 0 Å². The van der Waals surface area contributed by atoms with E-state index in [2.05, 4.69) is 10.2 Å². The van der Waals surface area contributed by atoms with Crippen molar-refractivity contribution in [3.05, 3.63) is 30.0 Å². The lowest BCUT2D eigenvalue weighted by Crippen LogP contribution is -1.86. The Balaban J connectivity index is 2.73. The van der Waals surface area contributed by atoms with Gasteiger partial charge in [0, 0.05) is 10.9 Å². The summed E-state index contributed by atoms with van der Waals surface area (Å²) in [6, 6.07) is 5.51. The number of fused-ring (bicyclic) bond motifs is 1. The predicted molar refractivity (Wildman–Crippen MR) is 45.6 cm³/mol. The molecule has 0 aliphatic rings. The summed E-state index contributed by atoms with van der Waals surface area (Å²) in [5.74, 6) is 0. The van der Waals surface area contributed by atoms with E-state index >= 15 is 0 Å². The standard InChI is InChI=1S/C9H9FN2/c1-6(10)8-4-2-3-7-5-11-12-9(7)8/h2-6H,1H3,(H,11,12). The highest BCUT2D eigenvalue weighted by Gasteiger charge is 2.07. The first-order valence-corrected chi connectivity index (χ1v) is 3.85. The Labute approximate surface area is 69.4 Å². The Kier molecular flexibility index (Phi) is 1.57. The highest BCUT2D eigenvalue weighted by Crippen LogP contribution is 2.23. The highest BCUT2D eigenvalue weighted by molar-refractivity contribution is 5.81. The molecule has 1 unspecified atom stereocenters. The van der Waals surface area contributed by atoms with Crippen molar-refractivity contribution < 1.29 is 4.39 Å². The van der Waals surface area contributed by atoms with E-state index in [4.69, 9.17) is 0 Å². The van der Waals surface area contributed by atoms with Crippen LogP contribution in [0.5, 0.6) is 0 Å². The average Bonchev–Trinajstić information content (AvgIpc) is 2.49. The van der Waals surface area contributed by atoms with Crippen LogP contribution in [0.2, 0.25) is 0 Å². The van der Waals surface area contributed by atoms with Crippen LogP contribution < -0.4 is 0 Å². The van der Waals surface area contributed by atoms with Gasteiger partial charge in [-0.25, -0.2) is 4.39 Å². The number of aromatic nitrogens is 2. The molecule has 0 aliphatic carbocycles. The van der Waals surface area contributed by atoms with Gasteiger partial charge in [-0.05, 0) is 6.92 Å². The monoisotopic (exact) mass is 164 g/mol. The Morgan fingerprint density at radius 2 is 2.33 bits per heavy atom. The van der Waals surface area contributed by atoms with Crippen molar-refractivity contribution in [2.75, 3.05) is 0 Å². The number of rotatable bonds is 1. The molecule has 2 aromatic rings. The van der Waals surface area contributed by atoms with Crippen molar-refractivity contribution in [2.24, 2.45) is 0 Å². The van der Waals surface area contributed by atoms with Crippen LogP contribution >= 0.6 is 0 Å². The summed E-state index contributed by atoms with van der Waals surface area (Å²) in [4.78, 5) is 0. The first-order chi connectivity index (χ1) is 5.79. The molecular weight excluding hydrogens is 155 g/mol. The molecule has 2 nitrogen and oxygen atoms in total. The van der Waals surface area contributed by atoms with Crippen molar-refractivity contribution >= 4 is 10.9 Å². The average molecular weight is 164 g/mol. The minimum atomic E-state index is -0.950. The summed E-state index contributed by atoms with van der Waals surface area (Å²) < 4.78 is 13.0. The largest absolute Gasteiger partial charge is 0.277 e. The minimum Gasteiger partial charge on any atom is -0.277 e. The number of H-pyrrole nitrogens is 1. The molecule has 0 aliphatic heterocycles. The molecule has 0 bridgehead atoms. The Morgan fingerprint density at radius 3 is 3.08 bits per heavy atom. The molecule has 2 rings (SSSR count). The number of halogens is 1. The van der Waals surface area contributed by atoms with Crippen molar-refractivity contribution in [1.82, 2.24) is 10.2 Å². The molecule has 0 saturated carbocycles. The van der Waals surface area contributed by atoms with Gasteiger partial charge in [0.25, 0.3) is 0 Å². The summed E-state index contributed by atoms with van der Waals surface area (Å²) >= 11 is 0. The van der Waals surface area contributed by atoms with Crippen LogP contribution in [0.3, 0.4) is 0 Å². The fourth-order valence-electron chi connectivity index (χ4n) is 1.32. The van der Waals surface area contributed by atoms with E-state index in [1.807, 2.05) is 12.1 Å². The van der Waals surface area contributed by atoms with Gasteiger partial charge < -0.3 is 0 Å². The number of nitrogens with one attached hydrogen (secondary N) is 1. The zero-order valence-corrected chi connectivity index (χ0v) is 6.71. The summed E-state index contributed by atoms with van der Waals surface area (Å²) in [7, 11) is 0.